The van der Waals surface area contributed by atoms with Crippen molar-refractivity contribution in [1.82, 2.24) is 4.98 Å². The summed E-state index contributed by atoms with van der Waals surface area (Å²) < 4.78 is 1.06. The SMILES string of the molecule is Nc1cccc(-c2csc(-c3cccc(Br)c3)n2)c1. The number of nitrogen functional groups attached to an aromatic ring is 1. The van der Waals surface area contributed by atoms with Crippen LogP contribution in [-0.2, 0) is 0 Å². The molecule has 1 heterocycles. The Morgan fingerprint density at radius 2 is 1.79 bits per heavy atom. The fourth-order valence-corrected chi connectivity index (χ4v) is 3.08. The molecule has 0 saturated carbocycles. The minimum absolute atomic E-state index is 0.759. The van der Waals surface area contributed by atoms with Gasteiger partial charge in [0, 0.05) is 26.7 Å². The van der Waals surface area contributed by atoms with Crippen LogP contribution in [0.2, 0.25) is 0 Å². The van der Waals surface area contributed by atoms with Gasteiger partial charge in [-0.2, -0.15) is 0 Å². The number of anilines is 1. The van der Waals surface area contributed by atoms with Crippen molar-refractivity contribution in [2.75, 3.05) is 5.73 Å². The van der Waals surface area contributed by atoms with E-state index in [1.54, 1.807) is 11.3 Å². The van der Waals surface area contributed by atoms with Crippen LogP contribution in [0.15, 0.2) is 58.4 Å². The predicted octanol–water partition coefficient (Wildman–Crippen LogP) is 4.82. The molecule has 0 unspecified atom stereocenters. The first-order valence-corrected chi connectivity index (χ1v) is 7.47. The summed E-state index contributed by atoms with van der Waals surface area (Å²) in [5, 5.41) is 3.07. The molecule has 1 aromatic heterocycles. The Balaban J connectivity index is 2.00. The quantitative estimate of drug-likeness (QED) is 0.684. The van der Waals surface area contributed by atoms with Crippen LogP contribution in [0.4, 0.5) is 5.69 Å². The van der Waals surface area contributed by atoms with Crippen LogP contribution in [0, 0.1) is 0 Å². The van der Waals surface area contributed by atoms with Gasteiger partial charge in [0.15, 0.2) is 0 Å². The van der Waals surface area contributed by atoms with Gasteiger partial charge in [-0.25, -0.2) is 4.98 Å². The van der Waals surface area contributed by atoms with Gasteiger partial charge in [-0.15, -0.1) is 11.3 Å². The number of nitrogens with zero attached hydrogens (tertiary/aromatic N) is 1. The summed E-state index contributed by atoms with van der Waals surface area (Å²) >= 11 is 5.12. The Hall–Kier alpha value is -1.65. The Kier molecular flexibility index (Phi) is 3.36. The zero-order valence-corrected chi connectivity index (χ0v) is 12.4. The lowest BCUT2D eigenvalue weighted by Gasteiger charge is -1.99. The molecule has 94 valence electrons. The van der Waals surface area contributed by atoms with Gasteiger partial charge < -0.3 is 5.73 Å². The third kappa shape index (κ3) is 2.69. The molecule has 2 nitrogen and oxygen atoms in total. The highest BCUT2D eigenvalue weighted by atomic mass is 79.9. The van der Waals surface area contributed by atoms with Crippen molar-refractivity contribution >= 4 is 33.0 Å². The third-order valence-electron chi connectivity index (χ3n) is 2.76. The second-order valence-electron chi connectivity index (χ2n) is 4.17. The van der Waals surface area contributed by atoms with Gasteiger partial charge in [-0.1, -0.05) is 40.2 Å². The number of aromatic nitrogens is 1. The Morgan fingerprint density at radius 1 is 1.00 bits per heavy atom. The summed E-state index contributed by atoms with van der Waals surface area (Å²) in [6.07, 6.45) is 0. The molecule has 0 atom stereocenters. The summed E-state index contributed by atoms with van der Waals surface area (Å²) in [6, 6.07) is 16.0. The molecule has 0 aliphatic rings. The lowest BCUT2D eigenvalue weighted by atomic mass is 10.1. The fraction of sp³-hybridized carbons (Fsp3) is 0. The number of nitrogens with two attached hydrogens (primary N) is 1. The van der Waals surface area contributed by atoms with E-state index in [1.807, 2.05) is 36.4 Å². The van der Waals surface area contributed by atoms with E-state index in [0.29, 0.717) is 0 Å². The van der Waals surface area contributed by atoms with E-state index < -0.39 is 0 Å². The minimum Gasteiger partial charge on any atom is -0.399 e. The molecule has 0 spiro atoms. The van der Waals surface area contributed by atoms with Crippen molar-refractivity contribution in [2.24, 2.45) is 0 Å². The lowest BCUT2D eigenvalue weighted by molar-refractivity contribution is 1.40. The van der Waals surface area contributed by atoms with E-state index >= 15 is 0 Å². The Labute approximate surface area is 124 Å². The first kappa shape index (κ1) is 12.4. The Morgan fingerprint density at radius 3 is 2.58 bits per heavy atom. The van der Waals surface area contributed by atoms with Crippen molar-refractivity contribution in [1.29, 1.82) is 0 Å². The third-order valence-corrected chi connectivity index (χ3v) is 4.14. The second kappa shape index (κ2) is 5.15. The average Bonchev–Trinajstić information content (AvgIpc) is 2.88. The monoisotopic (exact) mass is 330 g/mol. The van der Waals surface area contributed by atoms with Crippen molar-refractivity contribution in [3.05, 3.63) is 58.4 Å². The fourth-order valence-electron chi connectivity index (χ4n) is 1.86. The topological polar surface area (TPSA) is 38.9 Å². The Bertz CT molecular complexity index is 661. The number of rotatable bonds is 2. The van der Waals surface area contributed by atoms with Gasteiger partial charge in [0.1, 0.15) is 5.01 Å². The summed E-state index contributed by atoms with van der Waals surface area (Å²) in [5.74, 6) is 0. The van der Waals surface area contributed by atoms with Crippen LogP contribution < -0.4 is 5.73 Å². The van der Waals surface area contributed by atoms with Gasteiger partial charge in [-0.05, 0) is 24.3 Å². The highest BCUT2D eigenvalue weighted by molar-refractivity contribution is 9.10. The van der Waals surface area contributed by atoms with E-state index in [1.165, 1.54) is 0 Å². The molecule has 4 heteroatoms. The van der Waals surface area contributed by atoms with E-state index in [2.05, 4.69) is 38.4 Å². The van der Waals surface area contributed by atoms with E-state index in [-0.39, 0.29) is 0 Å². The van der Waals surface area contributed by atoms with Gasteiger partial charge >= 0.3 is 0 Å². The summed E-state index contributed by atoms with van der Waals surface area (Å²) in [4.78, 5) is 4.68. The van der Waals surface area contributed by atoms with Crippen molar-refractivity contribution in [3.63, 3.8) is 0 Å². The molecule has 0 aliphatic heterocycles. The maximum absolute atomic E-state index is 5.80. The molecule has 3 aromatic rings. The number of hydrogen-bond acceptors (Lipinski definition) is 3. The van der Waals surface area contributed by atoms with Crippen LogP contribution >= 0.6 is 27.3 Å². The zero-order valence-electron chi connectivity index (χ0n) is 10.0. The molecule has 2 N–H and O–H groups in total. The highest BCUT2D eigenvalue weighted by Crippen LogP contribution is 2.30. The van der Waals surface area contributed by atoms with E-state index in [9.17, 15) is 0 Å². The summed E-state index contributed by atoms with van der Waals surface area (Å²) in [6.45, 7) is 0. The number of thiazole rings is 1. The summed E-state index contributed by atoms with van der Waals surface area (Å²) in [7, 11) is 0. The molecule has 2 aromatic carbocycles. The average molecular weight is 331 g/mol. The van der Waals surface area contributed by atoms with Crippen LogP contribution in [0.3, 0.4) is 0 Å². The first-order valence-electron chi connectivity index (χ1n) is 5.80. The predicted molar refractivity (Wildman–Crippen MR) is 85.1 cm³/mol. The molecule has 0 amide bonds. The van der Waals surface area contributed by atoms with E-state index in [4.69, 9.17) is 5.73 Å². The molecule has 19 heavy (non-hydrogen) atoms. The van der Waals surface area contributed by atoms with Gasteiger partial charge in [0.2, 0.25) is 0 Å². The van der Waals surface area contributed by atoms with Crippen LogP contribution in [0.1, 0.15) is 0 Å². The zero-order chi connectivity index (χ0) is 13.2. The molecule has 0 saturated heterocycles. The normalized spacial score (nSPS) is 10.6. The van der Waals surface area contributed by atoms with Crippen LogP contribution in [0.25, 0.3) is 21.8 Å². The standard InChI is InChI=1S/C15H11BrN2S/c16-12-5-1-4-11(7-12)15-18-14(9-19-15)10-3-2-6-13(17)8-10/h1-9H,17H2. The first-order chi connectivity index (χ1) is 9.22. The van der Waals surface area contributed by atoms with Crippen LogP contribution in [0.5, 0.6) is 0 Å². The van der Waals surface area contributed by atoms with Gasteiger partial charge in [-0.3, -0.25) is 0 Å². The highest BCUT2D eigenvalue weighted by Gasteiger charge is 2.07. The number of hydrogen-bond donors (Lipinski definition) is 1. The minimum atomic E-state index is 0.759. The number of halogens is 1. The molecular weight excluding hydrogens is 320 g/mol. The lowest BCUT2D eigenvalue weighted by Crippen LogP contribution is -1.85. The summed E-state index contributed by atoms with van der Waals surface area (Å²) in [5.41, 5.74) is 9.70. The van der Waals surface area contributed by atoms with Gasteiger partial charge in [0.05, 0.1) is 5.69 Å². The molecule has 0 fully saturated rings. The van der Waals surface area contributed by atoms with E-state index in [0.717, 1.165) is 32.0 Å². The molecule has 3 rings (SSSR count). The molecule has 0 bridgehead atoms. The maximum Gasteiger partial charge on any atom is 0.124 e. The van der Waals surface area contributed by atoms with Crippen molar-refractivity contribution in [2.45, 2.75) is 0 Å². The molecule has 0 radical (unpaired) electrons. The van der Waals surface area contributed by atoms with Gasteiger partial charge in [0.25, 0.3) is 0 Å². The van der Waals surface area contributed by atoms with Crippen molar-refractivity contribution < 1.29 is 0 Å². The maximum atomic E-state index is 5.80. The number of benzene rings is 2. The largest absolute Gasteiger partial charge is 0.399 e. The van der Waals surface area contributed by atoms with Crippen molar-refractivity contribution in [3.8, 4) is 21.8 Å². The smallest absolute Gasteiger partial charge is 0.124 e. The second-order valence-corrected chi connectivity index (χ2v) is 5.95. The molecular formula is C15H11BrN2S. The molecule has 0 aliphatic carbocycles. The van der Waals surface area contributed by atoms with Crippen LogP contribution in [-0.4, -0.2) is 4.98 Å².